The van der Waals surface area contributed by atoms with Gasteiger partial charge in [0.15, 0.2) is 0 Å². The highest BCUT2D eigenvalue weighted by Crippen LogP contribution is 2.18. The number of nitrogens with zero attached hydrogens (tertiary/aromatic N) is 3. The lowest BCUT2D eigenvalue weighted by atomic mass is 10.1. The Balaban J connectivity index is 2.37. The number of aromatic nitrogens is 3. The molecule has 0 fully saturated rings. The summed E-state index contributed by atoms with van der Waals surface area (Å²) in [5, 5.41) is 8.25. The fourth-order valence-electron chi connectivity index (χ4n) is 1.47. The van der Waals surface area contributed by atoms with Crippen molar-refractivity contribution in [1.29, 1.82) is 0 Å². The summed E-state index contributed by atoms with van der Waals surface area (Å²) in [4.78, 5) is 0. The highest BCUT2D eigenvalue weighted by Gasteiger charge is 2.05. The van der Waals surface area contributed by atoms with Gasteiger partial charge in [-0.15, -0.1) is 5.10 Å². The van der Waals surface area contributed by atoms with E-state index in [0.717, 1.165) is 11.3 Å². The Hall–Kier alpha value is -1.64. The Morgan fingerprint density at radius 1 is 1.27 bits per heavy atom. The van der Waals surface area contributed by atoms with Crippen LogP contribution in [0.3, 0.4) is 0 Å². The highest BCUT2D eigenvalue weighted by molar-refractivity contribution is 5.58. The van der Waals surface area contributed by atoms with Crippen LogP contribution in [0.2, 0.25) is 0 Å². The van der Waals surface area contributed by atoms with Gasteiger partial charge in [0.2, 0.25) is 0 Å². The number of rotatable bonds is 2. The number of benzene rings is 1. The normalized spacial score (nSPS) is 10.9. The molecule has 0 atom stereocenters. The fourth-order valence-corrected chi connectivity index (χ4v) is 1.47. The first kappa shape index (κ1) is 9.90. The van der Waals surface area contributed by atoms with Crippen LogP contribution in [-0.2, 0) is 0 Å². The van der Waals surface area contributed by atoms with Gasteiger partial charge in [0, 0.05) is 11.6 Å². The van der Waals surface area contributed by atoms with Crippen LogP contribution in [-0.4, -0.2) is 15.0 Å². The minimum Gasteiger partial charge on any atom is -0.249 e. The van der Waals surface area contributed by atoms with E-state index in [4.69, 9.17) is 0 Å². The molecule has 2 rings (SSSR count). The molecule has 0 radical (unpaired) electrons. The van der Waals surface area contributed by atoms with Crippen molar-refractivity contribution in [2.45, 2.75) is 26.8 Å². The second-order valence-electron chi connectivity index (χ2n) is 4.05. The average Bonchev–Trinajstić information content (AvgIpc) is 2.66. The van der Waals surface area contributed by atoms with Crippen LogP contribution in [0.4, 0.5) is 0 Å². The zero-order chi connectivity index (χ0) is 10.8. The smallest absolute Gasteiger partial charge is 0.113 e. The van der Waals surface area contributed by atoms with Crippen molar-refractivity contribution in [3.05, 3.63) is 36.0 Å². The van der Waals surface area contributed by atoms with Gasteiger partial charge in [-0.25, -0.2) is 4.68 Å². The maximum atomic E-state index is 4.16. The lowest BCUT2D eigenvalue weighted by Gasteiger charge is -2.01. The Morgan fingerprint density at radius 2 is 2.07 bits per heavy atom. The SMILES string of the molecule is Cc1cccc(-c2cn(C(C)C)nn2)c1. The van der Waals surface area contributed by atoms with E-state index in [2.05, 4.69) is 49.3 Å². The van der Waals surface area contributed by atoms with Crippen LogP contribution >= 0.6 is 0 Å². The second-order valence-corrected chi connectivity index (χ2v) is 4.05. The summed E-state index contributed by atoms with van der Waals surface area (Å²) >= 11 is 0. The first-order valence-corrected chi connectivity index (χ1v) is 5.15. The predicted molar refractivity (Wildman–Crippen MR) is 60.6 cm³/mol. The van der Waals surface area contributed by atoms with Crippen LogP contribution in [0.15, 0.2) is 30.5 Å². The molecule has 0 aliphatic carbocycles. The van der Waals surface area contributed by atoms with Crippen molar-refractivity contribution in [2.75, 3.05) is 0 Å². The van der Waals surface area contributed by atoms with Gasteiger partial charge in [0.25, 0.3) is 0 Å². The Kier molecular flexibility index (Phi) is 2.54. The maximum absolute atomic E-state index is 4.16. The fraction of sp³-hybridized carbons (Fsp3) is 0.333. The molecular weight excluding hydrogens is 186 g/mol. The number of hydrogen-bond acceptors (Lipinski definition) is 2. The third-order valence-electron chi connectivity index (χ3n) is 2.35. The number of hydrogen-bond donors (Lipinski definition) is 0. The van der Waals surface area contributed by atoms with Gasteiger partial charge in [-0.3, -0.25) is 0 Å². The van der Waals surface area contributed by atoms with Gasteiger partial charge in [-0.05, 0) is 26.8 Å². The average molecular weight is 201 g/mol. The maximum Gasteiger partial charge on any atom is 0.113 e. The van der Waals surface area contributed by atoms with Gasteiger partial charge >= 0.3 is 0 Å². The van der Waals surface area contributed by atoms with Crippen LogP contribution in [0.25, 0.3) is 11.3 Å². The summed E-state index contributed by atoms with van der Waals surface area (Å²) in [6, 6.07) is 8.65. The lowest BCUT2D eigenvalue weighted by molar-refractivity contribution is 0.514. The van der Waals surface area contributed by atoms with Crippen molar-refractivity contribution in [1.82, 2.24) is 15.0 Å². The van der Waals surface area contributed by atoms with Crippen molar-refractivity contribution in [3.8, 4) is 11.3 Å². The van der Waals surface area contributed by atoms with Crippen molar-refractivity contribution >= 4 is 0 Å². The molecule has 0 aliphatic rings. The summed E-state index contributed by atoms with van der Waals surface area (Å²) in [5.41, 5.74) is 3.31. The molecule has 0 amide bonds. The minimum absolute atomic E-state index is 0.357. The standard InChI is InChI=1S/C12H15N3/c1-9(2)15-8-12(13-14-15)11-6-4-5-10(3)7-11/h4-9H,1-3H3. The van der Waals surface area contributed by atoms with E-state index >= 15 is 0 Å². The van der Waals surface area contributed by atoms with Crippen LogP contribution in [0.5, 0.6) is 0 Å². The third kappa shape index (κ3) is 2.06. The Bertz CT molecular complexity index is 457. The molecule has 78 valence electrons. The Labute approximate surface area is 89.7 Å². The van der Waals surface area contributed by atoms with E-state index in [9.17, 15) is 0 Å². The van der Waals surface area contributed by atoms with Crippen LogP contribution in [0.1, 0.15) is 25.5 Å². The zero-order valence-electron chi connectivity index (χ0n) is 9.31. The van der Waals surface area contributed by atoms with Crippen LogP contribution in [0, 0.1) is 6.92 Å². The van der Waals surface area contributed by atoms with Gasteiger partial charge in [-0.2, -0.15) is 0 Å². The van der Waals surface area contributed by atoms with Crippen LogP contribution < -0.4 is 0 Å². The highest BCUT2D eigenvalue weighted by atomic mass is 15.4. The molecular formula is C12H15N3. The van der Waals surface area contributed by atoms with E-state index in [1.54, 1.807) is 0 Å². The lowest BCUT2D eigenvalue weighted by Crippen LogP contribution is -2.00. The molecule has 3 nitrogen and oxygen atoms in total. The molecule has 0 N–H and O–H groups in total. The van der Waals surface area contributed by atoms with Crippen molar-refractivity contribution in [2.24, 2.45) is 0 Å². The van der Waals surface area contributed by atoms with Crippen molar-refractivity contribution < 1.29 is 0 Å². The van der Waals surface area contributed by atoms with Gasteiger partial charge < -0.3 is 0 Å². The molecule has 1 aromatic heterocycles. The summed E-state index contributed by atoms with van der Waals surface area (Å²) < 4.78 is 1.87. The zero-order valence-corrected chi connectivity index (χ0v) is 9.31. The van der Waals surface area contributed by atoms with E-state index < -0.39 is 0 Å². The van der Waals surface area contributed by atoms with E-state index in [1.807, 2.05) is 16.9 Å². The predicted octanol–water partition coefficient (Wildman–Crippen LogP) is 2.83. The van der Waals surface area contributed by atoms with E-state index in [0.29, 0.717) is 6.04 Å². The van der Waals surface area contributed by atoms with E-state index in [-0.39, 0.29) is 0 Å². The van der Waals surface area contributed by atoms with Gasteiger partial charge in [0.05, 0.1) is 6.20 Å². The third-order valence-corrected chi connectivity index (χ3v) is 2.35. The molecule has 0 bridgehead atoms. The molecule has 0 saturated heterocycles. The monoisotopic (exact) mass is 201 g/mol. The van der Waals surface area contributed by atoms with E-state index in [1.165, 1.54) is 5.56 Å². The molecule has 0 aliphatic heterocycles. The molecule has 0 saturated carbocycles. The molecule has 3 heteroatoms. The summed E-state index contributed by atoms with van der Waals surface area (Å²) in [6.07, 6.45) is 1.99. The van der Waals surface area contributed by atoms with Gasteiger partial charge in [-0.1, -0.05) is 29.0 Å². The molecule has 15 heavy (non-hydrogen) atoms. The van der Waals surface area contributed by atoms with Crippen molar-refractivity contribution in [3.63, 3.8) is 0 Å². The molecule has 0 spiro atoms. The van der Waals surface area contributed by atoms with Gasteiger partial charge in [0.1, 0.15) is 5.69 Å². The summed E-state index contributed by atoms with van der Waals surface area (Å²) in [6.45, 7) is 6.26. The molecule has 0 unspecified atom stereocenters. The second kappa shape index (κ2) is 3.85. The first-order valence-electron chi connectivity index (χ1n) is 5.15. The topological polar surface area (TPSA) is 30.7 Å². The number of aryl methyl sites for hydroxylation is 1. The molecule has 1 heterocycles. The minimum atomic E-state index is 0.357. The molecule has 2 aromatic rings. The quantitative estimate of drug-likeness (QED) is 0.748. The largest absolute Gasteiger partial charge is 0.249 e. The first-order chi connectivity index (χ1) is 7.16. The molecule has 1 aromatic carbocycles. The summed E-state index contributed by atoms with van der Waals surface area (Å²) in [5.74, 6) is 0. The Morgan fingerprint density at radius 3 is 2.67 bits per heavy atom. The summed E-state index contributed by atoms with van der Waals surface area (Å²) in [7, 11) is 0.